The molecule has 0 heterocycles. The standard InChI is InChI=1S/C23H30N2O4S/c1-4-27-15-16-29-20-9-5-18(6-10-20)22(26)25-23(30)24-19-7-11-21(12-8-19)28-14-13-17(2)3/h5-12,17H,4,13-16H2,1-3H3,(H2,24,25,26,30). The normalized spacial score (nSPS) is 10.5. The van der Waals surface area contributed by atoms with E-state index in [0.717, 1.165) is 17.9 Å². The van der Waals surface area contributed by atoms with Crippen LogP contribution in [0, 0.1) is 5.92 Å². The molecular weight excluding hydrogens is 400 g/mol. The molecule has 0 unspecified atom stereocenters. The van der Waals surface area contributed by atoms with Crippen LogP contribution in [0.15, 0.2) is 48.5 Å². The smallest absolute Gasteiger partial charge is 0.257 e. The van der Waals surface area contributed by atoms with Crippen molar-refractivity contribution in [3.05, 3.63) is 54.1 Å². The second-order valence-electron chi connectivity index (χ2n) is 7.03. The number of hydrogen-bond donors (Lipinski definition) is 2. The minimum atomic E-state index is -0.290. The molecular formula is C23H30N2O4S. The van der Waals surface area contributed by atoms with Gasteiger partial charge in [0.2, 0.25) is 0 Å². The van der Waals surface area contributed by atoms with E-state index in [1.165, 1.54) is 0 Å². The van der Waals surface area contributed by atoms with E-state index in [1.54, 1.807) is 24.3 Å². The van der Waals surface area contributed by atoms with Crippen LogP contribution in [0.2, 0.25) is 0 Å². The molecule has 1 amide bonds. The van der Waals surface area contributed by atoms with Gasteiger partial charge >= 0.3 is 0 Å². The minimum Gasteiger partial charge on any atom is -0.494 e. The van der Waals surface area contributed by atoms with Gasteiger partial charge in [0.1, 0.15) is 18.1 Å². The summed E-state index contributed by atoms with van der Waals surface area (Å²) in [6, 6.07) is 14.3. The molecule has 2 aromatic rings. The summed E-state index contributed by atoms with van der Waals surface area (Å²) in [7, 11) is 0. The zero-order chi connectivity index (χ0) is 21.8. The first kappa shape index (κ1) is 23.6. The molecule has 0 aliphatic heterocycles. The van der Waals surface area contributed by atoms with Crippen molar-refractivity contribution in [1.29, 1.82) is 0 Å². The van der Waals surface area contributed by atoms with Crippen molar-refractivity contribution in [2.75, 3.05) is 31.7 Å². The summed E-state index contributed by atoms with van der Waals surface area (Å²) in [5, 5.41) is 5.90. The molecule has 0 spiro atoms. The summed E-state index contributed by atoms with van der Waals surface area (Å²) in [5.41, 5.74) is 1.26. The molecule has 7 heteroatoms. The fraction of sp³-hybridized carbons (Fsp3) is 0.391. The van der Waals surface area contributed by atoms with Crippen molar-refractivity contribution in [2.45, 2.75) is 27.2 Å². The average Bonchev–Trinajstić information content (AvgIpc) is 2.72. The molecule has 0 saturated heterocycles. The van der Waals surface area contributed by atoms with E-state index in [0.29, 0.717) is 43.7 Å². The maximum atomic E-state index is 12.4. The number of carbonyl (C=O) groups is 1. The monoisotopic (exact) mass is 430 g/mol. The average molecular weight is 431 g/mol. The van der Waals surface area contributed by atoms with Gasteiger partial charge in [0.05, 0.1) is 13.2 Å². The van der Waals surface area contributed by atoms with E-state index in [2.05, 4.69) is 24.5 Å². The first-order valence-corrected chi connectivity index (χ1v) is 10.5. The Bertz CT molecular complexity index is 792. The zero-order valence-electron chi connectivity index (χ0n) is 17.8. The lowest BCUT2D eigenvalue weighted by Crippen LogP contribution is -2.34. The third-order valence-electron chi connectivity index (χ3n) is 4.12. The van der Waals surface area contributed by atoms with Crippen LogP contribution in [0.3, 0.4) is 0 Å². The predicted octanol–water partition coefficient (Wildman–Crippen LogP) is 4.65. The second-order valence-corrected chi connectivity index (χ2v) is 7.44. The van der Waals surface area contributed by atoms with Gasteiger partial charge in [-0.3, -0.25) is 10.1 Å². The zero-order valence-corrected chi connectivity index (χ0v) is 18.6. The molecule has 6 nitrogen and oxygen atoms in total. The van der Waals surface area contributed by atoms with Gasteiger partial charge in [0.25, 0.3) is 5.91 Å². The van der Waals surface area contributed by atoms with Crippen LogP contribution in [0.1, 0.15) is 37.6 Å². The Balaban J connectivity index is 1.77. The van der Waals surface area contributed by atoms with Crippen LogP contribution >= 0.6 is 12.2 Å². The molecule has 2 N–H and O–H groups in total. The van der Waals surface area contributed by atoms with Crippen molar-refractivity contribution in [1.82, 2.24) is 5.32 Å². The third-order valence-corrected chi connectivity index (χ3v) is 4.32. The molecule has 0 aliphatic carbocycles. The Morgan fingerprint density at radius 1 is 0.933 bits per heavy atom. The van der Waals surface area contributed by atoms with Crippen molar-refractivity contribution in [2.24, 2.45) is 5.92 Å². The molecule has 0 bridgehead atoms. The third kappa shape index (κ3) is 8.80. The highest BCUT2D eigenvalue weighted by Crippen LogP contribution is 2.17. The molecule has 0 aliphatic rings. The number of anilines is 1. The molecule has 2 aromatic carbocycles. The molecule has 0 aromatic heterocycles. The molecule has 0 saturated carbocycles. The first-order valence-electron chi connectivity index (χ1n) is 10.1. The molecule has 162 valence electrons. The summed E-state index contributed by atoms with van der Waals surface area (Å²) in [6.45, 7) is 8.61. The quantitative estimate of drug-likeness (QED) is 0.399. The van der Waals surface area contributed by atoms with Crippen LogP contribution in [-0.2, 0) is 4.74 Å². The molecule has 30 heavy (non-hydrogen) atoms. The highest BCUT2D eigenvalue weighted by Gasteiger charge is 2.08. The van der Waals surface area contributed by atoms with Crippen molar-refractivity contribution < 1.29 is 19.0 Å². The highest BCUT2D eigenvalue weighted by molar-refractivity contribution is 7.80. The Morgan fingerprint density at radius 3 is 2.13 bits per heavy atom. The number of nitrogens with one attached hydrogen (secondary N) is 2. The van der Waals surface area contributed by atoms with E-state index in [-0.39, 0.29) is 11.0 Å². The summed E-state index contributed by atoms with van der Waals surface area (Å²) in [6.07, 6.45) is 1.01. The predicted molar refractivity (Wildman–Crippen MR) is 124 cm³/mol. The Kier molecular flexibility index (Phi) is 10.1. The Morgan fingerprint density at radius 2 is 1.53 bits per heavy atom. The van der Waals surface area contributed by atoms with Crippen molar-refractivity contribution >= 4 is 28.9 Å². The van der Waals surface area contributed by atoms with E-state index >= 15 is 0 Å². The number of benzene rings is 2. The lowest BCUT2D eigenvalue weighted by atomic mass is 10.1. The SMILES string of the molecule is CCOCCOc1ccc(C(=O)NC(=S)Nc2ccc(OCCC(C)C)cc2)cc1. The summed E-state index contributed by atoms with van der Waals surface area (Å²) < 4.78 is 16.5. The number of carbonyl (C=O) groups excluding carboxylic acids is 1. The number of rotatable bonds is 11. The number of amides is 1. The van der Waals surface area contributed by atoms with Crippen molar-refractivity contribution in [3.63, 3.8) is 0 Å². The summed E-state index contributed by atoms with van der Waals surface area (Å²) in [5.74, 6) is 1.81. The molecule has 2 rings (SSSR count). The largest absolute Gasteiger partial charge is 0.494 e. The molecule has 0 radical (unpaired) electrons. The van der Waals surface area contributed by atoms with Gasteiger partial charge in [-0.05, 0) is 80.0 Å². The van der Waals surface area contributed by atoms with Gasteiger partial charge in [-0.1, -0.05) is 13.8 Å². The summed E-state index contributed by atoms with van der Waals surface area (Å²) in [4.78, 5) is 12.4. The number of hydrogen-bond acceptors (Lipinski definition) is 5. The Hall–Kier alpha value is -2.64. The van der Waals surface area contributed by atoms with Crippen LogP contribution in [0.5, 0.6) is 11.5 Å². The number of ether oxygens (including phenoxy) is 3. The lowest BCUT2D eigenvalue weighted by molar-refractivity contribution is 0.0977. The van der Waals surface area contributed by atoms with E-state index in [4.69, 9.17) is 26.4 Å². The van der Waals surface area contributed by atoms with Gasteiger partial charge in [0.15, 0.2) is 5.11 Å². The number of thiocarbonyl (C=S) groups is 1. The fourth-order valence-electron chi connectivity index (χ4n) is 2.45. The lowest BCUT2D eigenvalue weighted by Gasteiger charge is -2.12. The van der Waals surface area contributed by atoms with Gasteiger partial charge in [-0.15, -0.1) is 0 Å². The maximum Gasteiger partial charge on any atom is 0.257 e. The summed E-state index contributed by atoms with van der Waals surface area (Å²) >= 11 is 5.24. The Labute approximate surface area is 183 Å². The van der Waals surface area contributed by atoms with Crippen molar-refractivity contribution in [3.8, 4) is 11.5 Å². The van der Waals surface area contributed by atoms with E-state index < -0.39 is 0 Å². The molecule has 0 atom stereocenters. The topological polar surface area (TPSA) is 68.8 Å². The van der Waals surface area contributed by atoms with Crippen LogP contribution in [0.25, 0.3) is 0 Å². The van der Waals surface area contributed by atoms with Crippen LogP contribution in [-0.4, -0.2) is 37.4 Å². The van der Waals surface area contributed by atoms with Gasteiger partial charge < -0.3 is 19.5 Å². The van der Waals surface area contributed by atoms with Crippen LogP contribution in [0.4, 0.5) is 5.69 Å². The first-order chi connectivity index (χ1) is 14.5. The fourth-order valence-corrected chi connectivity index (χ4v) is 2.66. The van der Waals surface area contributed by atoms with E-state index in [9.17, 15) is 4.79 Å². The van der Waals surface area contributed by atoms with Gasteiger partial charge in [0, 0.05) is 17.9 Å². The minimum absolute atomic E-state index is 0.227. The van der Waals surface area contributed by atoms with Gasteiger partial charge in [-0.25, -0.2) is 0 Å². The second kappa shape index (κ2) is 12.8. The maximum absolute atomic E-state index is 12.4. The van der Waals surface area contributed by atoms with Gasteiger partial charge in [-0.2, -0.15) is 0 Å². The molecule has 0 fully saturated rings. The van der Waals surface area contributed by atoms with Crippen LogP contribution < -0.4 is 20.1 Å². The highest BCUT2D eigenvalue weighted by atomic mass is 32.1. The van der Waals surface area contributed by atoms with E-state index in [1.807, 2.05) is 31.2 Å².